The molecule has 0 fully saturated rings. The molecule has 0 bridgehead atoms. The van der Waals surface area contributed by atoms with Crippen LogP contribution in [0.4, 0.5) is 4.39 Å². The number of nitrogens with two attached hydrogens (primary N) is 1. The van der Waals surface area contributed by atoms with Crippen LogP contribution in [-0.4, -0.2) is 10.7 Å². The van der Waals surface area contributed by atoms with Crippen LogP contribution in [0.25, 0.3) is 0 Å². The van der Waals surface area contributed by atoms with Gasteiger partial charge in [-0.1, -0.05) is 39.1 Å². The first kappa shape index (κ1) is 12.7. The second-order valence-corrected chi connectivity index (χ2v) is 4.84. The zero-order valence-corrected chi connectivity index (χ0v) is 10.5. The molecule has 82 valence electrons. The molecule has 1 atom stereocenters. The van der Waals surface area contributed by atoms with E-state index in [0.717, 1.165) is 12.1 Å². The molecule has 1 amide bonds. The molecule has 0 heterocycles. The molecule has 1 aromatic carbocycles. The standard InChI is InChI=1S/C9H7BrCl2FNO/c10-6(9(14)15)3-5-7(11)1-4(13)2-8(5)12/h1-2,6H,3H2,(H2,14,15). The smallest absolute Gasteiger partial charge is 0.231 e. The van der Waals surface area contributed by atoms with E-state index < -0.39 is 16.6 Å². The minimum Gasteiger partial charge on any atom is -0.369 e. The van der Waals surface area contributed by atoms with Crippen molar-refractivity contribution in [2.45, 2.75) is 11.2 Å². The number of halogens is 4. The maximum atomic E-state index is 12.8. The number of primary amides is 1. The van der Waals surface area contributed by atoms with Crippen molar-refractivity contribution >= 4 is 45.0 Å². The number of hydrogen-bond acceptors (Lipinski definition) is 1. The Morgan fingerprint density at radius 1 is 1.47 bits per heavy atom. The second kappa shape index (κ2) is 5.14. The van der Waals surface area contributed by atoms with E-state index in [-0.39, 0.29) is 16.5 Å². The van der Waals surface area contributed by atoms with Crippen LogP contribution in [0.15, 0.2) is 12.1 Å². The van der Waals surface area contributed by atoms with Gasteiger partial charge >= 0.3 is 0 Å². The first-order valence-corrected chi connectivity index (χ1v) is 5.65. The minimum atomic E-state index is -0.571. The third-order valence-electron chi connectivity index (χ3n) is 1.80. The number of hydrogen-bond donors (Lipinski definition) is 1. The van der Waals surface area contributed by atoms with E-state index in [1.165, 1.54) is 0 Å². The zero-order valence-electron chi connectivity index (χ0n) is 7.44. The van der Waals surface area contributed by atoms with Gasteiger partial charge in [0, 0.05) is 10.0 Å². The van der Waals surface area contributed by atoms with Crippen LogP contribution in [0.1, 0.15) is 5.56 Å². The molecule has 0 aromatic heterocycles. The van der Waals surface area contributed by atoms with Crippen molar-refractivity contribution in [1.82, 2.24) is 0 Å². The van der Waals surface area contributed by atoms with E-state index in [9.17, 15) is 9.18 Å². The van der Waals surface area contributed by atoms with E-state index in [4.69, 9.17) is 28.9 Å². The van der Waals surface area contributed by atoms with Gasteiger partial charge in [0.1, 0.15) is 5.82 Å². The van der Waals surface area contributed by atoms with Crippen molar-refractivity contribution in [2.75, 3.05) is 0 Å². The van der Waals surface area contributed by atoms with Crippen molar-refractivity contribution in [1.29, 1.82) is 0 Å². The highest BCUT2D eigenvalue weighted by atomic mass is 79.9. The lowest BCUT2D eigenvalue weighted by atomic mass is 10.1. The molecule has 0 spiro atoms. The summed E-state index contributed by atoms with van der Waals surface area (Å²) in [6.07, 6.45) is 0.229. The largest absolute Gasteiger partial charge is 0.369 e. The number of amides is 1. The summed E-state index contributed by atoms with van der Waals surface area (Å²) in [6, 6.07) is 2.28. The molecule has 0 aliphatic heterocycles. The van der Waals surface area contributed by atoms with Crippen LogP contribution in [0.2, 0.25) is 10.0 Å². The predicted octanol–water partition coefficient (Wildman–Crippen LogP) is 2.92. The minimum absolute atomic E-state index is 0.186. The van der Waals surface area contributed by atoms with Gasteiger partial charge in [-0.15, -0.1) is 0 Å². The molecule has 15 heavy (non-hydrogen) atoms. The number of carbonyl (C=O) groups is 1. The summed E-state index contributed by atoms with van der Waals surface area (Å²) in [5.41, 5.74) is 5.57. The lowest BCUT2D eigenvalue weighted by Crippen LogP contribution is -2.25. The molecule has 1 rings (SSSR count). The average molecular weight is 315 g/mol. The summed E-state index contributed by atoms with van der Waals surface area (Å²) < 4.78 is 12.8. The van der Waals surface area contributed by atoms with Crippen molar-refractivity contribution in [3.63, 3.8) is 0 Å². The van der Waals surface area contributed by atoms with Gasteiger partial charge in [0.2, 0.25) is 5.91 Å². The third-order valence-corrected chi connectivity index (χ3v) is 3.25. The number of alkyl halides is 1. The fraction of sp³-hybridized carbons (Fsp3) is 0.222. The molecule has 6 heteroatoms. The Bertz CT molecular complexity index is 377. The van der Waals surface area contributed by atoms with Gasteiger partial charge in [-0.25, -0.2) is 4.39 Å². The van der Waals surface area contributed by atoms with Crippen LogP contribution >= 0.6 is 39.1 Å². The van der Waals surface area contributed by atoms with E-state index >= 15 is 0 Å². The Hall–Kier alpha value is -0.320. The summed E-state index contributed by atoms with van der Waals surface area (Å²) in [4.78, 5) is 10.2. The van der Waals surface area contributed by atoms with Crippen LogP contribution in [0.5, 0.6) is 0 Å². The van der Waals surface area contributed by atoms with Gasteiger partial charge in [-0.05, 0) is 24.1 Å². The van der Waals surface area contributed by atoms with Crippen LogP contribution in [0, 0.1) is 5.82 Å². The van der Waals surface area contributed by atoms with Gasteiger partial charge in [0.25, 0.3) is 0 Å². The monoisotopic (exact) mass is 313 g/mol. The highest BCUT2D eigenvalue weighted by Crippen LogP contribution is 2.28. The van der Waals surface area contributed by atoms with E-state index in [1.54, 1.807) is 0 Å². The van der Waals surface area contributed by atoms with E-state index in [1.807, 2.05) is 0 Å². The maximum Gasteiger partial charge on any atom is 0.231 e. The van der Waals surface area contributed by atoms with Crippen molar-refractivity contribution in [2.24, 2.45) is 5.73 Å². The lowest BCUT2D eigenvalue weighted by Gasteiger charge is -2.09. The molecule has 0 aliphatic rings. The SMILES string of the molecule is NC(=O)C(Br)Cc1c(Cl)cc(F)cc1Cl. The van der Waals surface area contributed by atoms with Crippen LogP contribution in [-0.2, 0) is 11.2 Å². The van der Waals surface area contributed by atoms with E-state index in [0.29, 0.717) is 5.56 Å². The van der Waals surface area contributed by atoms with Crippen LogP contribution in [0.3, 0.4) is 0 Å². The Labute approximate surface area is 105 Å². The Morgan fingerprint density at radius 2 is 1.93 bits per heavy atom. The van der Waals surface area contributed by atoms with Gasteiger partial charge in [-0.2, -0.15) is 0 Å². The summed E-state index contributed by atoms with van der Waals surface area (Å²) >= 11 is 14.7. The summed E-state index contributed by atoms with van der Waals surface area (Å²) in [5, 5.41) is 0.372. The molecule has 0 radical (unpaired) electrons. The summed E-state index contributed by atoms with van der Waals surface area (Å²) in [7, 11) is 0. The second-order valence-electron chi connectivity index (χ2n) is 2.92. The normalized spacial score (nSPS) is 12.5. The van der Waals surface area contributed by atoms with Gasteiger partial charge < -0.3 is 5.73 Å². The highest BCUT2D eigenvalue weighted by Gasteiger charge is 2.16. The molecular formula is C9H7BrCl2FNO. The molecule has 0 saturated heterocycles. The number of rotatable bonds is 3. The topological polar surface area (TPSA) is 43.1 Å². The lowest BCUT2D eigenvalue weighted by molar-refractivity contribution is -0.117. The zero-order chi connectivity index (χ0) is 11.6. The summed E-state index contributed by atoms with van der Waals surface area (Å²) in [6.45, 7) is 0. The molecule has 2 nitrogen and oxygen atoms in total. The van der Waals surface area contributed by atoms with Crippen molar-refractivity contribution < 1.29 is 9.18 Å². The van der Waals surface area contributed by atoms with Gasteiger partial charge in [0.05, 0.1) is 4.83 Å². The third kappa shape index (κ3) is 3.33. The quantitative estimate of drug-likeness (QED) is 0.856. The molecule has 1 aromatic rings. The van der Waals surface area contributed by atoms with Crippen LogP contribution < -0.4 is 5.73 Å². The van der Waals surface area contributed by atoms with Crippen molar-refractivity contribution in [3.8, 4) is 0 Å². The number of carbonyl (C=O) groups excluding carboxylic acids is 1. The highest BCUT2D eigenvalue weighted by molar-refractivity contribution is 9.10. The average Bonchev–Trinajstić information content (AvgIpc) is 2.10. The fourth-order valence-corrected chi connectivity index (χ4v) is 1.99. The van der Waals surface area contributed by atoms with E-state index in [2.05, 4.69) is 15.9 Å². The molecular weight excluding hydrogens is 308 g/mol. The molecule has 2 N–H and O–H groups in total. The number of benzene rings is 1. The maximum absolute atomic E-state index is 12.8. The fourth-order valence-electron chi connectivity index (χ4n) is 1.05. The first-order chi connectivity index (χ1) is 6.91. The first-order valence-electron chi connectivity index (χ1n) is 3.98. The molecule has 0 saturated carbocycles. The Morgan fingerprint density at radius 3 is 2.33 bits per heavy atom. The Kier molecular flexibility index (Phi) is 4.37. The summed E-state index contributed by atoms with van der Waals surface area (Å²) in [5.74, 6) is -1.04. The predicted molar refractivity (Wildman–Crippen MR) is 62.0 cm³/mol. The van der Waals surface area contributed by atoms with Gasteiger partial charge in [-0.3, -0.25) is 4.79 Å². The molecule has 1 unspecified atom stereocenters. The van der Waals surface area contributed by atoms with Gasteiger partial charge in [0.15, 0.2) is 0 Å². The molecule has 0 aliphatic carbocycles. The Balaban J connectivity index is 3.00. The van der Waals surface area contributed by atoms with Crippen molar-refractivity contribution in [3.05, 3.63) is 33.6 Å².